The molecule has 3 heteroatoms. The Morgan fingerprint density at radius 3 is 1.22 bits per heavy atom. The van der Waals surface area contributed by atoms with E-state index < -0.39 is 0 Å². The Bertz CT molecular complexity index is 1560. The van der Waals surface area contributed by atoms with Gasteiger partial charge in [0.1, 0.15) is 0 Å². The molecular weight excluding hydrogens is 679 g/mol. The van der Waals surface area contributed by atoms with Crippen LogP contribution in [0, 0.1) is 27.7 Å². The molecule has 0 aromatic heterocycles. The number of halogens is 2. The van der Waals surface area contributed by atoms with Crippen LogP contribution >= 0.6 is 0 Å². The van der Waals surface area contributed by atoms with E-state index in [-0.39, 0.29) is 51.0 Å². The molecule has 0 spiro atoms. The van der Waals surface area contributed by atoms with Gasteiger partial charge in [0, 0.05) is 0 Å². The first-order valence-corrected chi connectivity index (χ1v) is 16.1. The van der Waals surface area contributed by atoms with Gasteiger partial charge in [0.2, 0.25) is 0 Å². The van der Waals surface area contributed by atoms with Gasteiger partial charge in [0.25, 0.3) is 0 Å². The number of benzene rings is 4. The smallest absolute Gasteiger partial charge is 1.00 e. The molecule has 0 bridgehead atoms. The molecule has 0 atom stereocenters. The second-order valence-electron chi connectivity index (χ2n) is 11.6. The summed E-state index contributed by atoms with van der Waals surface area (Å²) in [5.41, 5.74) is 10.9. The van der Waals surface area contributed by atoms with E-state index in [0.29, 0.717) is 0 Å². The first kappa shape index (κ1) is 41.6. The fraction of sp³-hybridized carbons (Fsp3) is 0.256. The van der Waals surface area contributed by atoms with Crippen molar-refractivity contribution in [2.45, 2.75) is 72.6 Å². The van der Waals surface area contributed by atoms with Crippen molar-refractivity contribution in [3.8, 4) is 22.3 Å². The number of rotatable bonds is 8. The third-order valence-electron chi connectivity index (χ3n) is 7.98. The summed E-state index contributed by atoms with van der Waals surface area (Å²) in [4.78, 5) is 0. The maximum absolute atomic E-state index is 3.38. The van der Waals surface area contributed by atoms with Gasteiger partial charge in [0.05, 0.1) is 0 Å². The Hall–Kier alpha value is -2.44. The molecular formula is C43H48Cl2Zr-4. The zero-order chi connectivity index (χ0) is 30.6. The minimum atomic E-state index is 0. The number of hydrogen-bond acceptors (Lipinski definition) is 0. The molecule has 0 N–H and O–H groups in total. The van der Waals surface area contributed by atoms with Gasteiger partial charge >= 0.3 is 26.2 Å². The summed E-state index contributed by atoms with van der Waals surface area (Å²) >= 11 is 0. The first-order chi connectivity index (χ1) is 21.0. The van der Waals surface area contributed by atoms with Crippen LogP contribution in [0.5, 0.6) is 0 Å². The predicted molar refractivity (Wildman–Crippen MR) is 192 cm³/mol. The van der Waals surface area contributed by atoms with Gasteiger partial charge in [0.15, 0.2) is 0 Å². The SMILES string of the molecule is CCCCc1cc2c(-c3ccc(C)cc3)cccc2[cH-]1.CCCCc1cc2c(-c3ccc(C)cc3)cccc2[cH-]1.[CH2-]C[CH2-].[Cl-].[Cl-].[Zr+2]. The Morgan fingerprint density at radius 2 is 0.891 bits per heavy atom. The summed E-state index contributed by atoms with van der Waals surface area (Å²) in [6.45, 7) is 15.5. The van der Waals surface area contributed by atoms with Crippen molar-refractivity contribution >= 4 is 21.5 Å². The molecule has 0 heterocycles. The van der Waals surface area contributed by atoms with Crippen LogP contribution in [0.15, 0.2) is 109 Å². The van der Waals surface area contributed by atoms with E-state index in [9.17, 15) is 0 Å². The van der Waals surface area contributed by atoms with Crippen LogP contribution in [0.4, 0.5) is 0 Å². The van der Waals surface area contributed by atoms with E-state index in [1.165, 1.54) is 105 Å². The Kier molecular flexibility index (Phi) is 19.4. The van der Waals surface area contributed by atoms with E-state index in [0.717, 1.165) is 6.42 Å². The van der Waals surface area contributed by atoms with Crippen molar-refractivity contribution in [2.75, 3.05) is 0 Å². The van der Waals surface area contributed by atoms with Crippen molar-refractivity contribution in [1.29, 1.82) is 0 Å². The van der Waals surface area contributed by atoms with Crippen molar-refractivity contribution in [3.05, 3.63) is 145 Å². The summed E-state index contributed by atoms with van der Waals surface area (Å²) in [5, 5.41) is 5.52. The first-order valence-electron chi connectivity index (χ1n) is 16.1. The van der Waals surface area contributed by atoms with E-state index in [2.05, 4.69) is 151 Å². The fourth-order valence-electron chi connectivity index (χ4n) is 5.61. The van der Waals surface area contributed by atoms with E-state index in [4.69, 9.17) is 0 Å². The topological polar surface area (TPSA) is 0 Å². The van der Waals surface area contributed by atoms with Crippen molar-refractivity contribution in [1.82, 2.24) is 0 Å². The van der Waals surface area contributed by atoms with Crippen LogP contribution < -0.4 is 24.8 Å². The average molecular weight is 727 g/mol. The molecule has 0 nitrogen and oxygen atoms in total. The molecule has 0 aliphatic rings. The predicted octanol–water partition coefficient (Wildman–Crippen LogP) is 6.80. The molecule has 0 aliphatic carbocycles. The molecule has 6 rings (SSSR count). The second kappa shape index (κ2) is 21.4. The third-order valence-corrected chi connectivity index (χ3v) is 7.98. The zero-order valence-corrected chi connectivity index (χ0v) is 32.0. The van der Waals surface area contributed by atoms with Gasteiger partial charge in [-0.05, 0) is 37.8 Å². The van der Waals surface area contributed by atoms with Crippen LogP contribution in [-0.4, -0.2) is 0 Å². The van der Waals surface area contributed by atoms with E-state index in [1.807, 2.05) is 0 Å². The molecule has 46 heavy (non-hydrogen) atoms. The van der Waals surface area contributed by atoms with E-state index >= 15 is 0 Å². The molecule has 0 amide bonds. The largest absolute Gasteiger partial charge is 2.00 e. The quantitative estimate of drug-likeness (QED) is 0.152. The molecule has 0 saturated heterocycles. The Balaban J connectivity index is 0.000000400. The van der Waals surface area contributed by atoms with Crippen molar-refractivity contribution in [3.63, 3.8) is 0 Å². The number of fused-ring (bicyclic) bond motifs is 2. The van der Waals surface area contributed by atoms with Crippen molar-refractivity contribution in [2.24, 2.45) is 0 Å². The standard InChI is InChI=1S/2C20H21.C3H6.2ClH.Zr/c2*1-3-4-6-16-13-18-7-5-8-19(20(18)14-16)17-11-9-15(2)10-12-17;1-3-2;;;/h2*5,7-14H,3-4,6H2,1-2H3;1-3H2;2*1H;/q2*-1;-2;;;+2/p-2. The molecule has 6 aromatic rings. The molecule has 242 valence electrons. The average Bonchev–Trinajstić information content (AvgIpc) is 3.64. The fourth-order valence-corrected chi connectivity index (χ4v) is 5.61. The van der Waals surface area contributed by atoms with Crippen molar-refractivity contribution < 1.29 is 51.0 Å². The second-order valence-corrected chi connectivity index (χ2v) is 11.6. The number of hydrogen-bond donors (Lipinski definition) is 0. The maximum atomic E-state index is 3.38. The summed E-state index contributed by atoms with van der Waals surface area (Å²) in [6, 6.07) is 40.4. The molecule has 0 unspecified atom stereocenters. The van der Waals surface area contributed by atoms with Crippen LogP contribution in [0.1, 0.15) is 68.2 Å². The minimum Gasteiger partial charge on any atom is -1.00 e. The van der Waals surface area contributed by atoms with Crippen LogP contribution in [0.2, 0.25) is 0 Å². The van der Waals surface area contributed by atoms with Gasteiger partial charge in [-0.15, -0.1) is 69.1 Å². The normalized spacial score (nSPS) is 10.0. The number of aryl methyl sites for hydroxylation is 4. The van der Waals surface area contributed by atoms with Gasteiger partial charge in [-0.25, -0.2) is 0 Å². The van der Waals surface area contributed by atoms with Crippen LogP contribution in [0.3, 0.4) is 0 Å². The Morgan fingerprint density at radius 1 is 0.543 bits per heavy atom. The molecule has 0 radical (unpaired) electrons. The van der Waals surface area contributed by atoms with E-state index in [1.54, 1.807) is 0 Å². The van der Waals surface area contributed by atoms with Gasteiger partial charge in [-0.2, -0.15) is 12.1 Å². The molecule has 0 aliphatic heterocycles. The van der Waals surface area contributed by atoms with Gasteiger partial charge < -0.3 is 45.1 Å². The van der Waals surface area contributed by atoms with Crippen LogP contribution in [-0.2, 0) is 39.0 Å². The van der Waals surface area contributed by atoms with Gasteiger partial charge in [-0.3, -0.25) is 0 Å². The summed E-state index contributed by atoms with van der Waals surface area (Å²) in [7, 11) is 0. The summed E-state index contributed by atoms with van der Waals surface area (Å²) in [6.07, 6.45) is 8.20. The zero-order valence-electron chi connectivity index (χ0n) is 28.0. The summed E-state index contributed by atoms with van der Waals surface area (Å²) < 4.78 is 0. The van der Waals surface area contributed by atoms with Gasteiger partial charge in [-0.1, -0.05) is 122 Å². The molecule has 0 saturated carbocycles. The minimum absolute atomic E-state index is 0. The third kappa shape index (κ3) is 11.4. The number of unbranched alkanes of at least 4 members (excludes halogenated alkanes) is 2. The maximum Gasteiger partial charge on any atom is 2.00 e. The summed E-state index contributed by atoms with van der Waals surface area (Å²) in [5.74, 6) is 0. The molecule has 0 fully saturated rings. The molecule has 6 aromatic carbocycles. The Labute approximate surface area is 310 Å². The monoisotopic (exact) mass is 724 g/mol. The van der Waals surface area contributed by atoms with Crippen LogP contribution in [0.25, 0.3) is 43.8 Å².